The fourth-order valence-corrected chi connectivity index (χ4v) is 1.80. The molecule has 0 bridgehead atoms. The van der Waals surface area contributed by atoms with Crippen LogP contribution in [-0.2, 0) is 0 Å². The van der Waals surface area contributed by atoms with Crippen LogP contribution in [0.1, 0.15) is 41.4 Å². The molecule has 0 aliphatic heterocycles. The largest absolute Gasteiger partial charge is 0.467 e. The number of hydrogen-bond donors (Lipinski definition) is 2. The lowest BCUT2D eigenvalue weighted by molar-refractivity contribution is 0.0898. The first-order chi connectivity index (χ1) is 9.56. The summed E-state index contributed by atoms with van der Waals surface area (Å²) in [7, 11) is 0. The SMILES string of the molecule is Cc1cnc(C(=O)NC(C)CC(O)c2ccco2)cn1. The molecule has 0 saturated heterocycles. The molecule has 0 radical (unpaired) electrons. The highest BCUT2D eigenvalue weighted by molar-refractivity contribution is 5.92. The summed E-state index contributed by atoms with van der Waals surface area (Å²) in [6.07, 6.45) is 4.09. The number of aryl methyl sites for hydroxylation is 1. The highest BCUT2D eigenvalue weighted by Gasteiger charge is 2.17. The molecule has 0 aliphatic rings. The predicted octanol–water partition coefficient (Wildman–Crippen LogP) is 1.62. The van der Waals surface area contributed by atoms with Crippen LogP contribution in [0.5, 0.6) is 0 Å². The van der Waals surface area contributed by atoms with Crippen molar-refractivity contribution in [2.75, 3.05) is 0 Å². The Morgan fingerprint density at radius 3 is 2.85 bits per heavy atom. The summed E-state index contributed by atoms with van der Waals surface area (Å²) in [4.78, 5) is 19.9. The van der Waals surface area contributed by atoms with Crippen LogP contribution < -0.4 is 5.32 Å². The first-order valence-corrected chi connectivity index (χ1v) is 6.37. The second-order valence-electron chi connectivity index (χ2n) is 4.68. The number of aliphatic hydroxyl groups is 1. The van der Waals surface area contributed by atoms with Crippen LogP contribution in [0.2, 0.25) is 0 Å². The van der Waals surface area contributed by atoms with Crippen molar-refractivity contribution in [2.45, 2.75) is 32.4 Å². The maximum atomic E-state index is 11.9. The molecule has 0 fully saturated rings. The molecule has 2 rings (SSSR count). The molecule has 2 heterocycles. The van der Waals surface area contributed by atoms with Gasteiger partial charge in [-0.05, 0) is 26.0 Å². The Kier molecular flexibility index (Phi) is 4.47. The van der Waals surface area contributed by atoms with Crippen LogP contribution in [-0.4, -0.2) is 27.0 Å². The van der Waals surface area contributed by atoms with Crippen LogP contribution in [0.25, 0.3) is 0 Å². The Morgan fingerprint density at radius 2 is 2.25 bits per heavy atom. The maximum Gasteiger partial charge on any atom is 0.271 e. The van der Waals surface area contributed by atoms with Crippen molar-refractivity contribution in [3.63, 3.8) is 0 Å². The summed E-state index contributed by atoms with van der Waals surface area (Å²) in [5.41, 5.74) is 1.01. The van der Waals surface area contributed by atoms with Crippen LogP contribution >= 0.6 is 0 Å². The summed E-state index contributed by atoms with van der Waals surface area (Å²) < 4.78 is 5.11. The molecule has 0 spiro atoms. The molecule has 20 heavy (non-hydrogen) atoms. The van der Waals surface area contributed by atoms with Crippen molar-refractivity contribution < 1.29 is 14.3 Å². The molecule has 0 aliphatic carbocycles. The van der Waals surface area contributed by atoms with E-state index >= 15 is 0 Å². The number of aromatic nitrogens is 2. The van der Waals surface area contributed by atoms with E-state index in [-0.39, 0.29) is 17.6 Å². The molecular weight excluding hydrogens is 258 g/mol. The number of carbonyl (C=O) groups excluding carboxylic acids is 1. The van der Waals surface area contributed by atoms with Gasteiger partial charge in [0.05, 0.1) is 18.2 Å². The molecular formula is C14H17N3O3. The van der Waals surface area contributed by atoms with Crippen molar-refractivity contribution in [2.24, 2.45) is 0 Å². The van der Waals surface area contributed by atoms with Crippen LogP contribution in [0, 0.1) is 6.92 Å². The van der Waals surface area contributed by atoms with Gasteiger partial charge in [-0.3, -0.25) is 9.78 Å². The average Bonchev–Trinajstić information content (AvgIpc) is 2.93. The lowest BCUT2D eigenvalue weighted by Gasteiger charge is -2.16. The molecule has 2 atom stereocenters. The van der Waals surface area contributed by atoms with Gasteiger partial charge in [0.25, 0.3) is 5.91 Å². The quantitative estimate of drug-likeness (QED) is 0.865. The number of furan rings is 1. The third-order valence-electron chi connectivity index (χ3n) is 2.84. The molecule has 0 aromatic carbocycles. The van der Waals surface area contributed by atoms with Crippen molar-refractivity contribution in [1.82, 2.24) is 15.3 Å². The molecule has 2 unspecified atom stereocenters. The second kappa shape index (κ2) is 6.29. The van der Waals surface area contributed by atoms with Gasteiger partial charge in [0.1, 0.15) is 17.6 Å². The minimum absolute atomic E-state index is 0.217. The van der Waals surface area contributed by atoms with E-state index in [1.165, 1.54) is 18.7 Å². The van der Waals surface area contributed by atoms with Crippen molar-refractivity contribution in [3.05, 3.63) is 47.9 Å². The van der Waals surface area contributed by atoms with Gasteiger partial charge in [-0.15, -0.1) is 0 Å². The minimum Gasteiger partial charge on any atom is -0.467 e. The van der Waals surface area contributed by atoms with Crippen molar-refractivity contribution in [1.29, 1.82) is 0 Å². The molecule has 2 N–H and O–H groups in total. The van der Waals surface area contributed by atoms with Gasteiger partial charge in [0.15, 0.2) is 0 Å². The third kappa shape index (κ3) is 3.64. The first-order valence-electron chi connectivity index (χ1n) is 6.37. The third-order valence-corrected chi connectivity index (χ3v) is 2.84. The first kappa shape index (κ1) is 14.2. The number of amides is 1. The zero-order valence-corrected chi connectivity index (χ0v) is 11.4. The Balaban J connectivity index is 1.89. The van der Waals surface area contributed by atoms with Gasteiger partial charge in [-0.2, -0.15) is 0 Å². The summed E-state index contributed by atoms with van der Waals surface area (Å²) in [5, 5.41) is 12.7. The monoisotopic (exact) mass is 275 g/mol. The van der Waals surface area contributed by atoms with Gasteiger partial charge in [-0.25, -0.2) is 4.98 Å². The summed E-state index contributed by atoms with van der Waals surface area (Å²) >= 11 is 0. The number of carbonyl (C=O) groups is 1. The van der Waals surface area contributed by atoms with E-state index in [0.29, 0.717) is 12.2 Å². The molecule has 1 amide bonds. The predicted molar refractivity (Wildman–Crippen MR) is 72.0 cm³/mol. The van der Waals surface area contributed by atoms with E-state index in [2.05, 4.69) is 15.3 Å². The molecule has 2 aromatic rings. The maximum absolute atomic E-state index is 11.9. The minimum atomic E-state index is -0.746. The van der Waals surface area contributed by atoms with Crippen molar-refractivity contribution >= 4 is 5.91 Å². The van der Waals surface area contributed by atoms with Gasteiger partial charge in [0, 0.05) is 18.7 Å². The fourth-order valence-electron chi connectivity index (χ4n) is 1.80. The van der Waals surface area contributed by atoms with Crippen LogP contribution in [0.15, 0.2) is 35.2 Å². The highest BCUT2D eigenvalue weighted by atomic mass is 16.4. The number of aliphatic hydroxyl groups excluding tert-OH is 1. The second-order valence-corrected chi connectivity index (χ2v) is 4.68. The summed E-state index contributed by atoms with van der Waals surface area (Å²) in [6, 6.07) is 3.19. The lowest BCUT2D eigenvalue weighted by atomic mass is 10.1. The van der Waals surface area contributed by atoms with E-state index in [4.69, 9.17) is 4.42 Å². The molecule has 6 heteroatoms. The van der Waals surface area contributed by atoms with E-state index in [1.54, 1.807) is 19.1 Å². The molecule has 0 saturated carbocycles. The number of nitrogens with one attached hydrogen (secondary N) is 1. The zero-order valence-electron chi connectivity index (χ0n) is 11.4. The molecule has 106 valence electrons. The van der Waals surface area contributed by atoms with E-state index in [9.17, 15) is 9.90 Å². The normalized spacial score (nSPS) is 13.8. The van der Waals surface area contributed by atoms with Gasteiger partial charge in [0.2, 0.25) is 0 Å². The van der Waals surface area contributed by atoms with E-state index < -0.39 is 6.10 Å². The lowest BCUT2D eigenvalue weighted by Crippen LogP contribution is -2.34. The van der Waals surface area contributed by atoms with Gasteiger partial charge < -0.3 is 14.8 Å². The van der Waals surface area contributed by atoms with Crippen LogP contribution in [0.4, 0.5) is 0 Å². The Labute approximate surface area is 116 Å². The standard InChI is InChI=1S/C14H17N3O3/c1-9(6-12(18)13-4-3-5-20-13)17-14(19)11-8-15-10(2)7-16-11/h3-5,7-9,12,18H,6H2,1-2H3,(H,17,19). The van der Waals surface area contributed by atoms with E-state index in [1.807, 2.05) is 6.92 Å². The molecule has 2 aromatic heterocycles. The summed E-state index contributed by atoms with van der Waals surface area (Å²) in [6.45, 7) is 3.61. The molecule has 6 nitrogen and oxygen atoms in total. The highest BCUT2D eigenvalue weighted by Crippen LogP contribution is 2.18. The van der Waals surface area contributed by atoms with E-state index in [0.717, 1.165) is 5.69 Å². The Morgan fingerprint density at radius 1 is 1.45 bits per heavy atom. The van der Waals surface area contributed by atoms with Crippen LogP contribution in [0.3, 0.4) is 0 Å². The number of hydrogen-bond acceptors (Lipinski definition) is 5. The Bertz CT molecular complexity index is 552. The fraction of sp³-hybridized carbons (Fsp3) is 0.357. The smallest absolute Gasteiger partial charge is 0.271 e. The van der Waals surface area contributed by atoms with Gasteiger partial charge >= 0.3 is 0 Å². The van der Waals surface area contributed by atoms with Crippen molar-refractivity contribution in [3.8, 4) is 0 Å². The zero-order chi connectivity index (χ0) is 14.5. The Hall–Kier alpha value is -2.21. The summed E-state index contributed by atoms with van der Waals surface area (Å²) in [5.74, 6) is 0.179. The number of nitrogens with zero attached hydrogens (tertiary/aromatic N) is 2. The average molecular weight is 275 g/mol. The topological polar surface area (TPSA) is 88.2 Å². The number of rotatable bonds is 5. The van der Waals surface area contributed by atoms with Gasteiger partial charge in [-0.1, -0.05) is 0 Å².